The Hall–Kier alpha value is -1.95. The lowest BCUT2D eigenvalue weighted by Crippen LogP contribution is -2.05. The van der Waals surface area contributed by atoms with Crippen molar-refractivity contribution in [3.05, 3.63) is 29.3 Å². The van der Waals surface area contributed by atoms with Gasteiger partial charge in [0.1, 0.15) is 5.75 Å². The monoisotopic (exact) mass is 207 g/mol. The van der Waals surface area contributed by atoms with E-state index >= 15 is 0 Å². The third-order valence-electron chi connectivity index (χ3n) is 1.99. The van der Waals surface area contributed by atoms with Crippen LogP contribution < -0.4 is 16.3 Å². The Bertz CT molecular complexity index is 388. The van der Waals surface area contributed by atoms with E-state index in [9.17, 15) is 0 Å². The highest BCUT2D eigenvalue weighted by atomic mass is 16.5. The fourth-order valence-electron chi connectivity index (χ4n) is 1.25. The van der Waals surface area contributed by atoms with E-state index in [1.807, 2.05) is 0 Å². The summed E-state index contributed by atoms with van der Waals surface area (Å²) in [5.41, 5.74) is 13.9. The molecule has 0 bridgehead atoms. The summed E-state index contributed by atoms with van der Waals surface area (Å²) in [5.74, 6) is 5.95. The highest BCUT2D eigenvalue weighted by molar-refractivity contribution is 5.99. The predicted octanol–water partition coefficient (Wildman–Crippen LogP) is 0.805. The number of ether oxygens (including phenoxy) is 1. The van der Waals surface area contributed by atoms with Gasteiger partial charge >= 0.3 is 0 Å². The molecular formula is C9H13N5O. The van der Waals surface area contributed by atoms with Gasteiger partial charge in [-0.15, -0.1) is 5.11 Å². The molecule has 6 nitrogen and oxygen atoms in total. The molecule has 6 heteroatoms. The first-order valence-electron chi connectivity index (χ1n) is 4.29. The van der Waals surface area contributed by atoms with Crippen molar-refractivity contribution in [3.63, 3.8) is 0 Å². The average Bonchev–Trinajstić information content (AvgIpc) is 2.30. The fourth-order valence-corrected chi connectivity index (χ4v) is 1.25. The zero-order chi connectivity index (χ0) is 11.3. The van der Waals surface area contributed by atoms with E-state index in [-0.39, 0.29) is 5.84 Å². The Morgan fingerprint density at radius 3 is 2.73 bits per heavy atom. The van der Waals surface area contributed by atoms with Crippen LogP contribution >= 0.6 is 0 Å². The minimum atomic E-state index is 0.160. The summed E-state index contributed by atoms with van der Waals surface area (Å²) in [4.78, 5) is 0. The maximum atomic E-state index is 6.88. The number of rotatable bonds is 3. The molecule has 0 aliphatic rings. The van der Waals surface area contributed by atoms with Crippen LogP contribution in [0.3, 0.4) is 0 Å². The van der Waals surface area contributed by atoms with Gasteiger partial charge in [0.05, 0.1) is 7.11 Å². The summed E-state index contributed by atoms with van der Waals surface area (Å²) in [6.45, 7) is 0.340. The van der Waals surface area contributed by atoms with Crippen LogP contribution in [0.15, 0.2) is 28.4 Å². The van der Waals surface area contributed by atoms with Gasteiger partial charge in [0, 0.05) is 17.7 Å². The van der Waals surface area contributed by atoms with Gasteiger partial charge in [0.25, 0.3) is 0 Å². The second-order valence-electron chi connectivity index (χ2n) is 2.80. The Kier molecular flexibility index (Phi) is 3.75. The lowest BCUT2D eigenvalue weighted by atomic mass is 10.1. The molecule has 0 aromatic heterocycles. The summed E-state index contributed by atoms with van der Waals surface area (Å²) < 4.78 is 5.11. The molecule has 0 aliphatic carbocycles. The van der Waals surface area contributed by atoms with Crippen molar-refractivity contribution in [3.8, 4) is 5.75 Å². The zero-order valence-corrected chi connectivity index (χ0v) is 8.40. The Balaban J connectivity index is 3.18. The second kappa shape index (κ2) is 5.06. The molecule has 80 valence electrons. The van der Waals surface area contributed by atoms with Crippen LogP contribution in [0.1, 0.15) is 11.1 Å². The van der Waals surface area contributed by atoms with Gasteiger partial charge in [0.2, 0.25) is 0 Å². The van der Waals surface area contributed by atoms with Gasteiger partial charge in [-0.25, -0.2) is 5.53 Å². The van der Waals surface area contributed by atoms with Gasteiger partial charge in [-0.2, -0.15) is 5.10 Å². The molecule has 0 atom stereocenters. The molecule has 0 radical (unpaired) electrons. The van der Waals surface area contributed by atoms with Crippen LogP contribution in [-0.4, -0.2) is 12.9 Å². The summed E-state index contributed by atoms with van der Waals surface area (Å²) in [7, 11) is 1.57. The minimum absolute atomic E-state index is 0.160. The van der Waals surface area contributed by atoms with Crippen molar-refractivity contribution in [1.29, 1.82) is 5.53 Å². The number of nitrogens with two attached hydrogens (primary N) is 2. The van der Waals surface area contributed by atoms with Gasteiger partial charge in [0.15, 0.2) is 5.84 Å². The van der Waals surface area contributed by atoms with Crippen molar-refractivity contribution >= 4 is 5.84 Å². The van der Waals surface area contributed by atoms with E-state index in [4.69, 9.17) is 21.8 Å². The van der Waals surface area contributed by atoms with E-state index < -0.39 is 0 Å². The van der Waals surface area contributed by atoms with Crippen LogP contribution in [0, 0.1) is 5.53 Å². The zero-order valence-electron chi connectivity index (χ0n) is 8.40. The lowest BCUT2D eigenvalue weighted by molar-refractivity contribution is 0.410. The number of hydrazone groups is 1. The highest BCUT2D eigenvalue weighted by Crippen LogP contribution is 2.19. The molecule has 0 heterocycles. The molecule has 0 spiro atoms. The van der Waals surface area contributed by atoms with Crippen molar-refractivity contribution in [2.45, 2.75) is 6.54 Å². The van der Waals surface area contributed by atoms with Crippen LogP contribution in [-0.2, 0) is 6.54 Å². The highest BCUT2D eigenvalue weighted by Gasteiger charge is 2.06. The first kappa shape index (κ1) is 11.1. The fraction of sp³-hybridized carbons (Fsp3) is 0.222. The van der Waals surface area contributed by atoms with Crippen LogP contribution in [0.5, 0.6) is 5.75 Å². The molecule has 0 saturated carbocycles. The quantitative estimate of drug-likeness (QED) is 0.224. The first-order chi connectivity index (χ1) is 7.26. The minimum Gasteiger partial charge on any atom is -0.496 e. The third kappa shape index (κ3) is 2.29. The largest absolute Gasteiger partial charge is 0.496 e. The normalized spacial score (nSPS) is 11.2. The van der Waals surface area contributed by atoms with Gasteiger partial charge in [-0.3, -0.25) is 0 Å². The summed E-state index contributed by atoms with van der Waals surface area (Å²) in [6.07, 6.45) is 0. The number of hydrogen-bond acceptors (Lipinski definition) is 5. The molecule has 0 aliphatic heterocycles. The molecule has 0 unspecified atom stereocenters. The molecule has 15 heavy (non-hydrogen) atoms. The first-order valence-corrected chi connectivity index (χ1v) is 4.29. The molecular weight excluding hydrogens is 194 g/mol. The Labute approximate surface area is 87.4 Å². The smallest absolute Gasteiger partial charge is 0.199 e. The lowest BCUT2D eigenvalue weighted by Gasteiger charge is -2.07. The Morgan fingerprint density at radius 1 is 1.53 bits per heavy atom. The van der Waals surface area contributed by atoms with Crippen LogP contribution in [0.4, 0.5) is 0 Å². The SMILES string of the molecule is COc1ccc(C(N=N)=NN)cc1CN. The molecule has 5 N–H and O–H groups in total. The van der Waals surface area contributed by atoms with Crippen LogP contribution in [0.2, 0.25) is 0 Å². The third-order valence-corrected chi connectivity index (χ3v) is 1.99. The van der Waals surface area contributed by atoms with Gasteiger partial charge < -0.3 is 16.3 Å². The standard InChI is InChI=1S/C9H13N5O/c1-15-8-3-2-6(4-7(8)5-10)9(13-11)14-12/h2-4,11H,5,10,12H2,1H3. The van der Waals surface area contributed by atoms with E-state index in [0.717, 1.165) is 5.56 Å². The van der Waals surface area contributed by atoms with Crippen molar-refractivity contribution in [2.24, 2.45) is 21.8 Å². The molecule has 1 rings (SSSR count). The van der Waals surface area contributed by atoms with Gasteiger partial charge in [-0.1, -0.05) is 0 Å². The van der Waals surface area contributed by atoms with Gasteiger partial charge in [-0.05, 0) is 18.2 Å². The number of amidine groups is 1. The van der Waals surface area contributed by atoms with E-state index in [2.05, 4.69) is 10.2 Å². The molecule has 0 saturated heterocycles. The number of nitrogens with zero attached hydrogens (tertiary/aromatic N) is 2. The number of methoxy groups -OCH3 is 1. The van der Waals surface area contributed by atoms with Crippen molar-refractivity contribution < 1.29 is 4.74 Å². The number of nitrogens with one attached hydrogen (secondary N) is 1. The number of hydrogen-bond donors (Lipinski definition) is 3. The van der Waals surface area contributed by atoms with E-state index in [1.54, 1.807) is 25.3 Å². The Morgan fingerprint density at radius 2 is 2.27 bits per heavy atom. The molecule has 1 aromatic carbocycles. The van der Waals surface area contributed by atoms with Crippen molar-refractivity contribution in [1.82, 2.24) is 0 Å². The van der Waals surface area contributed by atoms with E-state index in [0.29, 0.717) is 17.9 Å². The average molecular weight is 207 g/mol. The molecule has 1 aromatic rings. The molecule has 0 amide bonds. The number of benzene rings is 1. The predicted molar refractivity (Wildman–Crippen MR) is 56.8 cm³/mol. The topological polar surface area (TPSA) is 110 Å². The summed E-state index contributed by atoms with van der Waals surface area (Å²) in [6, 6.07) is 5.22. The maximum absolute atomic E-state index is 6.88. The summed E-state index contributed by atoms with van der Waals surface area (Å²) in [5, 5.41) is 6.59. The van der Waals surface area contributed by atoms with Crippen LogP contribution in [0.25, 0.3) is 0 Å². The van der Waals surface area contributed by atoms with Crippen molar-refractivity contribution in [2.75, 3.05) is 7.11 Å². The second-order valence-corrected chi connectivity index (χ2v) is 2.80. The maximum Gasteiger partial charge on any atom is 0.199 e. The summed E-state index contributed by atoms with van der Waals surface area (Å²) >= 11 is 0. The molecule has 0 fully saturated rings. The van der Waals surface area contributed by atoms with E-state index in [1.165, 1.54) is 0 Å².